The van der Waals surface area contributed by atoms with Crippen molar-refractivity contribution in [1.82, 2.24) is 5.32 Å². The van der Waals surface area contributed by atoms with Gasteiger partial charge in [-0.3, -0.25) is 4.79 Å². The van der Waals surface area contributed by atoms with Crippen molar-refractivity contribution in [2.75, 3.05) is 0 Å². The smallest absolute Gasteiger partial charge is 0.329 e. The van der Waals surface area contributed by atoms with Crippen LogP contribution in [0, 0.1) is 11.7 Å². The molecule has 0 unspecified atom stereocenters. The minimum atomic E-state index is -0.793. The van der Waals surface area contributed by atoms with Crippen LogP contribution in [-0.2, 0) is 16.1 Å². The van der Waals surface area contributed by atoms with Crippen molar-refractivity contribution in [3.63, 3.8) is 0 Å². The zero-order valence-electron chi connectivity index (χ0n) is 13.2. The second-order valence-corrected chi connectivity index (χ2v) is 7.38. The van der Waals surface area contributed by atoms with Crippen molar-refractivity contribution in [1.29, 1.82) is 0 Å². The van der Waals surface area contributed by atoms with E-state index in [0.717, 1.165) is 0 Å². The Hall–Kier alpha value is -1.73. The quantitative estimate of drug-likeness (QED) is 0.723. The number of nitrogens with one attached hydrogen (secondary N) is 1. The van der Waals surface area contributed by atoms with Gasteiger partial charge in [0, 0.05) is 10.0 Å². The molecule has 1 amide bonds. The lowest BCUT2D eigenvalue weighted by Crippen LogP contribution is -2.45. The van der Waals surface area contributed by atoms with Gasteiger partial charge in [0.2, 0.25) is 0 Å². The molecule has 1 atom stereocenters. The number of hydrogen-bond donors (Lipinski definition) is 1. The first-order chi connectivity index (χ1) is 11.4. The average Bonchev–Trinajstić information content (AvgIpc) is 3.05. The zero-order valence-corrected chi connectivity index (χ0v) is 15.6. The van der Waals surface area contributed by atoms with E-state index in [0.29, 0.717) is 9.35 Å². The molecule has 1 heterocycles. The molecule has 2 aromatic rings. The highest BCUT2D eigenvalue weighted by Gasteiger charge is 2.26. The molecule has 2 rings (SSSR count). The highest BCUT2D eigenvalue weighted by atomic mass is 79.9. The maximum absolute atomic E-state index is 13.8. The lowest BCUT2D eigenvalue weighted by molar-refractivity contribution is -0.148. The van der Waals surface area contributed by atoms with Crippen LogP contribution in [0.1, 0.15) is 29.1 Å². The summed E-state index contributed by atoms with van der Waals surface area (Å²) >= 11 is 4.46. The van der Waals surface area contributed by atoms with Crippen LogP contribution in [0.2, 0.25) is 0 Å². The molecule has 24 heavy (non-hydrogen) atoms. The molecule has 0 fully saturated rings. The number of rotatable bonds is 6. The largest absolute Gasteiger partial charge is 0.459 e. The van der Waals surface area contributed by atoms with E-state index in [1.807, 2.05) is 0 Å². The number of carbonyl (C=O) groups excluding carboxylic acids is 2. The summed E-state index contributed by atoms with van der Waals surface area (Å²) in [6, 6.07) is 7.17. The topological polar surface area (TPSA) is 55.4 Å². The van der Waals surface area contributed by atoms with Gasteiger partial charge >= 0.3 is 5.97 Å². The van der Waals surface area contributed by atoms with E-state index in [4.69, 9.17) is 4.74 Å². The van der Waals surface area contributed by atoms with Crippen LogP contribution in [0.4, 0.5) is 4.39 Å². The Morgan fingerprint density at radius 3 is 2.67 bits per heavy atom. The number of thiophene rings is 1. The van der Waals surface area contributed by atoms with E-state index < -0.39 is 17.8 Å². The van der Waals surface area contributed by atoms with Gasteiger partial charge in [-0.1, -0.05) is 41.9 Å². The van der Waals surface area contributed by atoms with Crippen molar-refractivity contribution in [3.8, 4) is 0 Å². The van der Waals surface area contributed by atoms with Crippen LogP contribution in [0.5, 0.6) is 0 Å². The first-order valence-corrected chi connectivity index (χ1v) is 9.00. The van der Waals surface area contributed by atoms with Gasteiger partial charge in [0.05, 0.1) is 4.88 Å². The maximum Gasteiger partial charge on any atom is 0.329 e. The molecule has 0 spiro atoms. The molecule has 4 nitrogen and oxygen atoms in total. The Morgan fingerprint density at radius 1 is 1.33 bits per heavy atom. The van der Waals surface area contributed by atoms with E-state index in [2.05, 4.69) is 21.2 Å². The number of hydrogen-bond acceptors (Lipinski definition) is 4. The Kier molecular flexibility index (Phi) is 6.51. The van der Waals surface area contributed by atoms with Gasteiger partial charge in [-0.25, -0.2) is 9.18 Å². The van der Waals surface area contributed by atoms with Gasteiger partial charge in [-0.05, 0) is 29.5 Å². The zero-order chi connectivity index (χ0) is 17.7. The molecule has 1 N–H and O–H groups in total. The van der Waals surface area contributed by atoms with Gasteiger partial charge in [0.25, 0.3) is 5.91 Å². The number of benzene rings is 1. The van der Waals surface area contributed by atoms with Gasteiger partial charge in [-0.15, -0.1) is 11.3 Å². The maximum atomic E-state index is 13.8. The van der Waals surface area contributed by atoms with E-state index in [1.165, 1.54) is 17.4 Å². The molecular formula is C17H17BrFNO3S. The molecule has 0 aliphatic carbocycles. The molecule has 7 heteroatoms. The van der Waals surface area contributed by atoms with Gasteiger partial charge in [0.15, 0.2) is 0 Å². The van der Waals surface area contributed by atoms with E-state index >= 15 is 0 Å². The Bertz CT molecular complexity index is 719. The molecule has 0 saturated heterocycles. The monoisotopic (exact) mass is 413 g/mol. The van der Waals surface area contributed by atoms with Crippen LogP contribution in [0.15, 0.2) is 40.2 Å². The predicted molar refractivity (Wildman–Crippen MR) is 94.3 cm³/mol. The van der Waals surface area contributed by atoms with Crippen molar-refractivity contribution in [3.05, 3.63) is 56.4 Å². The molecule has 1 aromatic carbocycles. The summed E-state index contributed by atoms with van der Waals surface area (Å²) in [4.78, 5) is 24.9. The first kappa shape index (κ1) is 18.6. The summed E-state index contributed by atoms with van der Waals surface area (Å²) < 4.78 is 19.6. The molecule has 0 bridgehead atoms. The fourth-order valence-corrected chi connectivity index (χ4v) is 2.96. The molecule has 128 valence electrons. The first-order valence-electron chi connectivity index (χ1n) is 7.33. The summed E-state index contributed by atoms with van der Waals surface area (Å²) in [5.41, 5.74) is 0.277. The third kappa shape index (κ3) is 4.88. The number of ether oxygens (including phenoxy) is 1. The fourth-order valence-electron chi connectivity index (χ4n) is 2.00. The molecule has 0 saturated carbocycles. The van der Waals surface area contributed by atoms with E-state index in [1.54, 1.807) is 43.5 Å². The summed E-state index contributed by atoms with van der Waals surface area (Å²) in [5, 5.41) is 4.46. The molecule has 0 radical (unpaired) electrons. The van der Waals surface area contributed by atoms with E-state index in [9.17, 15) is 14.0 Å². The fraction of sp³-hybridized carbons (Fsp3) is 0.294. The lowest BCUT2D eigenvalue weighted by Gasteiger charge is -2.20. The van der Waals surface area contributed by atoms with Crippen LogP contribution < -0.4 is 5.32 Å². The Balaban J connectivity index is 2.00. The highest BCUT2D eigenvalue weighted by molar-refractivity contribution is 9.10. The molecule has 0 aliphatic rings. The summed E-state index contributed by atoms with van der Waals surface area (Å²) in [5.74, 6) is -1.52. The number of esters is 1. The Morgan fingerprint density at radius 2 is 2.08 bits per heavy atom. The molecular weight excluding hydrogens is 397 g/mol. The minimum Gasteiger partial charge on any atom is -0.459 e. The van der Waals surface area contributed by atoms with Crippen LogP contribution in [0.3, 0.4) is 0 Å². The Labute approximate surface area is 152 Å². The van der Waals surface area contributed by atoms with Crippen molar-refractivity contribution < 1.29 is 18.7 Å². The summed E-state index contributed by atoms with van der Waals surface area (Å²) in [7, 11) is 0. The lowest BCUT2D eigenvalue weighted by atomic mass is 10.0. The van der Waals surface area contributed by atoms with Crippen LogP contribution in [0.25, 0.3) is 0 Å². The second kappa shape index (κ2) is 8.39. The highest BCUT2D eigenvalue weighted by Crippen LogP contribution is 2.17. The third-order valence-corrected chi connectivity index (χ3v) is 4.70. The van der Waals surface area contributed by atoms with Gasteiger partial charge in [-0.2, -0.15) is 0 Å². The summed E-state index contributed by atoms with van der Waals surface area (Å²) in [6.45, 7) is 3.43. The standard InChI is InChI=1S/C17H17BrFNO3S/c1-10(2)15(20-16(21)14-4-3-7-24-14)17(22)23-9-11-5-6-12(18)8-13(11)19/h3-8,10,15H,9H2,1-2H3,(H,20,21)/t15-/m1/s1. The number of carbonyl (C=O) groups is 2. The molecule has 1 aromatic heterocycles. The van der Waals surface area contributed by atoms with Crippen molar-refractivity contribution in [2.24, 2.45) is 5.92 Å². The number of halogens is 2. The summed E-state index contributed by atoms with van der Waals surface area (Å²) in [6.07, 6.45) is 0. The second-order valence-electron chi connectivity index (χ2n) is 5.52. The van der Waals surface area contributed by atoms with Crippen molar-refractivity contribution in [2.45, 2.75) is 26.5 Å². The average molecular weight is 414 g/mol. The minimum absolute atomic E-state index is 0.156. The molecule has 0 aliphatic heterocycles. The van der Waals surface area contributed by atoms with E-state index in [-0.39, 0.29) is 24.0 Å². The van der Waals surface area contributed by atoms with Gasteiger partial charge in [0.1, 0.15) is 18.5 Å². The third-order valence-electron chi connectivity index (χ3n) is 3.34. The van der Waals surface area contributed by atoms with Crippen LogP contribution >= 0.6 is 27.3 Å². The predicted octanol–water partition coefficient (Wildman–Crippen LogP) is 4.15. The SMILES string of the molecule is CC(C)[C@@H](NC(=O)c1cccs1)C(=O)OCc1ccc(Br)cc1F. The van der Waals surface area contributed by atoms with Gasteiger partial charge < -0.3 is 10.1 Å². The van der Waals surface area contributed by atoms with Crippen LogP contribution in [-0.4, -0.2) is 17.9 Å². The van der Waals surface area contributed by atoms with Crippen molar-refractivity contribution >= 4 is 39.1 Å². The number of amides is 1. The normalized spacial score (nSPS) is 12.0.